The zero-order chi connectivity index (χ0) is 15.4. The van der Waals surface area contributed by atoms with Gasteiger partial charge in [0.15, 0.2) is 5.13 Å². The van der Waals surface area contributed by atoms with Crippen LogP contribution in [-0.4, -0.2) is 24.7 Å². The van der Waals surface area contributed by atoms with Crippen molar-refractivity contribution in [2.45, 2.75) is 31.7 Å². The summed E-state index contributed by atoms with van der Waals surface area (Å²) in [6.45, 7) is 0.343. The summed E-state index contributed by atoms with van der Waals surface area (Å²) < 4.78 is 10.5. The summed E-state index contributed by atoms with van der Waals surface area (Å²) >= 11 is 1.56. The molecule has 0 radical (unpaired) electrons. The molecule has 0 saturated carbocycles. The average Bonchev–Trinajstić information content (AvgIpc) is 3.15. The number of methoxy groups -OCH3 is 1. The highest BCUT2D eigenvalue weighted by molar-refractivity contribution is 7.15. The van der Waals surface area contributed by atoms with Crippen molar-refractivity contribution in [3.05, 3.63) is 34.7 Å². The van der Waals surface area contributed by atoms with Crippen LogP contribution in [0.4, 0.5) is 9.93 Å². The maximum absolute atomic E-state index is 12.2. The van der Waals surface area contributed by atoms with Crippen LogP contribution in [-0.2, 0) is 17.6 Å². The van der Waals surface area contributed by atoms with E-state index in [-0.39, 0.29) is 12.1 Å². The fraction of sp³-hybridized carbons (Fsp3) is 0.467. The molecule has 7 heteroatoms. The number of ether oxygens (including phenoxy) is 1. The highest BCUT2D eigenvalue weighted by atomic mass is 32.1. The van der Waals surface area contributed by atoms with E-state index >= 15 is 0 Å². The summed E-state index contributed by atoms with van der Waals surface area (Å²) in [5, 5.41) is 6.31. The number of rotatable bonds is 5. The number of fused-ring (bicyclic) bond motifs is 1. The van der Waals surface area contributed by atoms with Gasteiger partial charge in [-0.05, 0) is 37.8 Å². The monoisotopic (exact) mass is 321 g/mol. The quantitative estimate of drug-likeness (QED) is 0.887. The number of nitrogens with one attached hydrogen (secondary N) is 2. The van der Waals surface area contributed by atoms with E-state index in [0.717, 1.165) is 18.5 Å². The lowest BCUT2D eigenvalue weighted by Gasteiger charge is -2.15. The predicted octanol–water partition coefficient (Wildman–Crippen LogP) is 3.12. The van der Waals surface area contributed by atoms with Crippen LogP contribution in [0.25, 0.3) is 0 Å². The Morgan fingerprint density at radius 1 is 1.50 bits per heavy atom. The lowest BCUT2D eigenvalue weighted by atomic mass is 10.0. The van der Waals surface area contributed by atoms with Gasteiger partial charge in [-0.15, -0.1) is 11.3 Å². The van der Waals surface area contributed by atoms with Gasteiger partial charge in [-0.25, -0.2) is 9.78 Å². The molecule has 0 aromatic carbocycles. The number of urea groups is 1. The van der Waals surface area contributed by atoms with Crippen molar-refractivity contribution in [1.29, 1.82) is 0 Å². The Labute approximate surface area is 132 Å². The Morgan fingerprint density at radius 3 is 3.09 bits per heavy atom. The Bertz CT molecular complexity index is 601. The number of hydrogen-bond donors (Lipinski definition) is 2. The number of thiazole rings is 1. The van der Waals surface area contributed by atoms with Crippen molar-refractivity contribution in [2.75, 3.05) is 19.0 Å². The maximum Gasteiger partial charge on any atom is 0.321 e. The van der Waals surface area contributed by atoms with E-state index in [2.05, 4.69) is 15.6 Å². The van der Waals surface area contributed by atoms with Crippen molar-refractivity contribution < 1.29 is 13.9 Å². The second-order valence-corrected chi connectivity index (χ2v) is 6.30. The molecule has 0 aliphatic heterocycles. The third-order valence-corrected chi connectivity index (χ3v) is 4.66. The van der Waals surface area contributed by atoms with Gasteiger partial charge in [-0.3, -0.25) is 5.32 Å². The summed E-state index contributed by atoms with van der Waals surface area (Å²) in [7, 11) is 1.59. The first-order valence-corrected chi connectivity index (χ1v) is 8.16. The number of anilines is 1. The van der Waals surface area contributed by atoms with Gasteiger partial charge in [0.2, 0.25) is 0 Å². The molecular weight excluding hydrogens is 302 g/mol. The Hall–Kier alpha value is -1.86. The molecule has 3 rings (SSSR count). The minimum Gasteiger partial charge on any atom is -0.467 e. The lowest BCUT2D eigenvalue weighted by Crippen LogP contribution is -2.34. The number of aromatic nitrogens is 1. The van der Waals surface area contributed by atoms with E-state index in [4.69, 9.17) is 9.15 Å². The van der Waals surface area contributed by atoms with Crippen LogP contribution in [0.1, 0.15) is 35.2 Å². The Balaban J connectivity index is 1.62. The predicted molar refractivity (Wildman–Crippen MR) is 84.2 cm³/mol. The Morgan fingerprint density at radius 2 is 2.36 bits per heavy atom. The van der Waals surface area contributed by atoms with Gasteiger partial charge in [0.25, 0.3) is 0 Å². The van der Waals surface area contributed by atoms with Crippen LogP contribution in [0.15, 0.2) is 22.8 Å². The molecule has 22 heavy (non-hydrogen) atoms. The Kier molecular flexibility index (Phi) is 4.74. The van der Waals surface area contributed by atoms with Gasteiger partial charge in [0, 0.05) is 12.0 Å². The first kappa shape index (κ1) is 15.1. The largest absolute Gasteiger partial charge is 0.467 e. The van der Waals surface area contributed by atoms with Crippen LogP contribution in [0.2, 0.25) is 0 Å². The van der Waals surface area contributed by atoms with E-state index in [9.17, 15) is 4.79 Å². The first-order valence-electron chi connectivity index (χ1n) is 7.34. The molecule has 0 unspecified atom stereocenters. The smallest absolute Gasteiger partial charge is 0.321 e. The van der Waals surface area contributed by atoms with E-state index in [1.165, 1.54) is 17.7 Å². The van der Waals surface area contributed by atoms with Crippen LogP contribution in [0.3, 0.4) is 0 Å². The highest BCUT2D eigenvalue weighted by Gasteiger charge is 2.19. The number of carbonyl (C=O) groups is 1. The third-order valence-electron chi connectivity index (χ3n) is 3.59. The highest BCUT2D eigenvalue weighted by Crippen LogP contribution is 2.29. The SMILES string of the molecule is COC[C@H](NC(=O)Nc1nc2c(s1)CCCC2)c1ccco1. The number of furan rings is 1. The van der Waals surface area contributed by atoms with Crippen LogP contribution in [0, 0.1) is 0 Å². The van der Waals surface area contributed by atoms with Gasteiger partial charge >= 0.3 is 6.03 Å². The molecule has 118 valence electrons. The minimum absolute atomic E-state index is 0.301. The van der Waals surface area contributed by atoms with E-state index < -0.39 is 0 Å². The van der Waals surface area contributed by atoms with Crippen LogP contribution < -0.4 is 10.6 Å². The minimum atomic E-state index is -0.324. The molecule has 0 saturated heterocycles. The lowest BCUT2D eigenvalue weighted by molar-refractivity contribution is 0.159. The summed E-state index contributed by atoms with van der Waals surface area (Å²) in [4.78, 5) is 17.9. The van der Waals surface area contributed by atoms with Gasteiger partial charge in [-0.1, -0.05) is 0 Å². The van der Waals surface area contributed by atoms with Gasteiger partial charge in [0.1, 0.15) is 11.8 Å². The number of aryl methyl sites for hydroxylation is 2. The zero-order valence-corrected chi connectivity index (χ0v) is 13.2. The van der Waals surface area contributed by atoms with Crippen LogP contribution in [0.5, 0.6) is 0 Å². The van der Waals surface area contributed by atoms with Crippen molar-refractivity contribution in [3.63, 3.8) is 0 Å². The number of amides is 2. The standard InChI is InChI=1S/C15H19N3O3S/c1-20-9-11(12-6-4-8-21-12)16-14(19)18-15-17-10-5-2-3-7-13(10)22-15/h4,6,8,11H,2-3,5,7,9H2,1H3,(H2,16,17,18,19)/t11-/m0/s1. The van der Waals surface area contributed by atoms with Crippen molar-refractivity contribution in [3.8, 4) is 0 Å². The van der Waals surface area contributed by atoms with E-state index in [1.807, 2.05) is 6.07 Å². The molecule has 1 aliphatic carbocycles. The maximum atomic E-state index is 12.2. The molecule has 0 bridgehead atoms. The summed E-state index contributed by atoms with van der Waals surface area (Å²) in [6, 6.07) is 2.97. The number of nitrogens with zero attached hydrogens (tertiary/aromatic N) is 1. The normalized spacial score (nSPS) is 15.1. The number of hydrogen-bond acceptors (Lipinski definition) is 5. The fourth-order valence-corrected chi connectivity index (χ4v) is 3.59. The number of carbonyl (C=O) groups excluding carboxylic acids is 1. The zero-order valence-electron chi connectivity index (χ0n) is 12.4. The van der Waals surface area contributed by atoms with Gasteiger partial charge < -0.3 is 14.5 Å². The van der Waals surface area contributed by atoms with Gasteiger partial charge in [-0.2, -0.15) is 0 Å². The van der Waals surface area contributed by atoms with E-state index in [1.54, 1.807) is 30.8 Å². The summed E-state index contributed by atoms with van der Waals surface area (Å²) in [5.74, 6) is 0.662. The molecule has 2 amide bonds. The molecule has 2 aromatic rings. The molecule has 2 heterocycles. The average molecular weight is 321 g/mol. The topological polar surface area (TPSA) is 76.4 Å². The molecule has 0 spiro atoms. The summed E-state index contributed by atoms with van der Waals surface area (Å²) in [5.41, 5.74) is 1.13. The van der Waals surface area contributed by atoms with Gasteiger partial charge in [0.05, 0.1) is 18.6 Å². The van der Waals surface area contributed by atoms with Crippen molar-refractivity contribution in [2.24, 2.45) is 0 Å². The van der Waals surface area contributed by atoms with Crippen molar-refractivity contribution >= 4 is 22.5 Å². The summed E-state index contributed by atoms with van der Waals surface area (Å²) in [6.07, 6.45) is 6.03. The fourth-order valence-electron chi connectivity index (χ4n) is 2.55. The molecule has 6 nitrogen and oxygen atoms in total. The van der Waals surface area contributed by atoms with E-state index in [0.29, 0.717) is 17.5 Å². The molecule has 0 fully saturated rings. The molecule has 1 aliphatic rings. The first-order chi connectivity index (χ1) is 10.8. The van der Waals surface area contributed by atoms with Crippen molar-refractivity contribution in [1.82, 2.24) is 10.3 Å². The molecule has 2 N–H and O–H groups in total. The molecular formula is C15H19N3O3S. The second kappa shape index (κ2) is 6.93. The third kappa shape index (κ3) is 3.48. The second-order valence-electron chi connectivity index (χ2n) is 5.22. The molecule has 1 atom stereocenters. The molecule has 2 aromatic heterocycles. The van der Waals surface area contributed by atoms with Crippen LogP contribution >= 0.6 is 11.3 Å².